The molecule has 2 nitrogen and oxygen atoms in total. The van der Waals surface area contributed by atoms with Crippen LogP contribution in [0.25, 0.3) is 0 Å². The lowest BCUT2D eigenvalue weighted by molar-refractivity contribution is 0.462. The Balaban J connectivity index is 2.61. The molecular formula is C22H29BrO2. The molecule has 0 aliphatic carbocycles. The molecule has 2 aromatic carbocycles. The molecule has 0 amide bonds. The highest BCUT2D eigenvalue weighted by molar-refractivity contribution is 9.09. The predicted octanol–water partition coefficient (Wildman–Crippen LogP) is 5.87. The van der Waals surface area contributed by atoms with Gasteiger partial charge in [0.15, 0.2) is 0 Å². The van der Waals surface area contributed by atoms with Gasteiger partial charge in [0.1, 0.15) is 11.5 Å². The largest absolute Gasteiger partial charge is 0.507 e. The number of phenols is 2. The Kier molecular flexibility index (Phi) is 6.95. The molecule has 0 bridgehead atoms. The van der Waals surface area contributed by atoms with Gasteiger partial charge in [-0.05, 0) is 59.1 Å². The van der Waals surface area contributed by atoms with Gasteiger partial charge in [0.25, 0.3) is 0 Å². The number of hydrogen-bond donors (Lipinski definition) is 2. The Morgan fingerprint density at radius 3 is 1.16 bits per heavy atom. The third-order valence-electron chi connectivity index (χ3n) is 5.06. The minimum atomic E-state index is 0.201. The summed E-state index contributed by atoms with van der Waals surface area (Å²) in [4.78, 5) is 0. The molecule has 2 N–H and O–H groups in total. The van der Waals surface area contributed by atoms with Crippen molar-refractivity contribution in [3.63, 3.8) is 0 Å². The summed E-state index contributed by atoms with van der Waals surface area (Å²) in [5.74, 6) is 1.08. The Bertz CT molecular complexity index is 625. The van der Waals surface area contributed by atoms with Gasteiger partial charge < -0.3 is 10.2 Å². The molecule has 25 heavy (non-hydrogen) atoms. The quantitative estimate of drug-likeness (QED) is 0.566. The zero-order chi connectivity index (χ0) is 18.6. The van der Waals surface area contributed by atoms with Crippen molar-refractivity contribution < 1.29 is 10.2 Å². The molecule has 0 spiro atoms. The topological polar surface area (TPSA) is 40.5 Å². The lowest BCUT2D eigenvalue weighted by atomic mass is 9.86. The van der Waals surface area contributed by atoms with Crippen LogP contribution in [0.1, 0.15) is 67.0 Å². The number of benzene rings is 2. The van der Waals surface area contributed by atoms with Gasteiger partial charge in [0.05, 0.1) is 0 Å². The highest BCUT2D eigenvalue weighted by Crippen LogP contribution is 2.36. The number of alkyl halides is 1. The SMILES string of the molecule is CCc1cc(C(CBr)c2cc(CC)c(O)c(CC)c2)cc(CC)c1O. The van der Waals surface area contributed by atoms with Gasteiger partial charge in [-0.25, -0.2) is 0 Å². The molecule has 136 valence electrons. The summed E-state index contributed by atoms with van der Waals surface area (Å²) in [6.07, 6.45) is 3.27. The number of hydrogen-bond acceptors (Lipinski definition) is 2. The maximum Gasteiger partial charge on any atom is 0.121 e. The molecular weight excluding hydrogens is 376 g/mol. The van der Waals surface area contributed by atoms with Gasteiger partial charge in [0, 0.05) is 11.2 Å². The van der Waals surface area contributed by atoms with E-state index in [9.17, 15) is 10.2 Å². The first-order chi connectivity index (χ1) is 12.0. The van der Waals surface area contributed by atoms with E-state index in [2.05, 4.69) is 67.9 Å². The third kappa shape index (κ3) is 4.03. The van der Waals surface area contributed by atoms with Crippen LogP contribution in [-0.4, -0.2) is 15.5 Å². The first-order valence-electron chi connectivity index (χ1n) is 9.25. The second kappa shape index (κ2) is 8.75. The van der Waals surface area contributed by atoms with Crippen molar-refractivity contribution in [3.05, 3.63) is 57.6 Å². The standard InChI is InChI=1S/C22H29BrO2/c1-5-14-9-18(10-15(6-2)21(14)24)20(13-23)19-11-16(7-3)22(25)17(8-4)12-19/h9-12,20,24-25H,5-8,13H2,1-4H3. The molecule has 0 atom stereocenters. The van der Waals surface area contributed by atoms with Crippen LogP contribution in [0.15, 0.2) is 24.3 Å². The van der Waals surface area contributed by atoms with E-state index in [0.717, 1.165) is 53.3 Å². The van der Waals surface area contributed by atoms with E-state index in [1.165, 1.54) is 11.1 Å². The van der Waals surface area contributed by atoms with Gasteiger partial charge in [-0.15, -0.1) is 0 Å². The van der Waals surface area contributed by atoms with Crippen molar-refractivity contribution >= 4 is 15.9 Å². The first-order valence-corrected chi connectivity index (χ1v) is 10.4. The van der Waals surface area contributed by atoms with Gasteiger partial charge in [-0.3, -0.25) is 0 Å². The first kappa shape index (κ1) is 19.8. The summed E-state index contributed by atoms with van der Waals surface area (Å²) in [6, 6.07) is 8.52. The highest BCUT2D eigenvalue weighted by atomic mass is 79.9. The third-order valence-corrected chi connectivity index (χ3v) is 5.71. The fourth-order valence-electron chi connectivity index (χ4n) is 3.42. The van der Waals surface area contributed by atoms with Crippen LogP contribution in [0.2, 0.25) is 0 Å². The van der Waals surface area contributed by atoms with E-state index in [1.54, 1.807) is 0 Å². The summed E-state index contributed by atoms with van der Waals surface area (Å²) in [5.41, 5.74) is 6.46. The molecule has 0 aliphatic rings. The second-order valence-corrected chi connectivity index (χ2v) is 7.14. The van der Waals surface area contributed by atoms with E-state index in [-0.39, 0.29) is 5.92 Å². The highest BCUT2D eigenvalue weighted by Gasteiger charge is 2.19. The van der Waals surface area contributed by atoms with E-state index >= 15 is 0 Å². The van der Waals surface area contributed by atoms with Crippen LogP contribution < -0.4 is 0 Å². The minimum absolute atomic E-state index is 0.201. The van der Waals surface area contributed by atoms with Crippen LogP contribution in [0.3, 0.4) is 0 Å². The molecule has 0 heterocycles. The number of rotatable bonds is 7. The van der Waals surface area contributed by atoms with Crippen LogP contribution >= 0.6 is 15.9 Å². The average Bonchev–Trinajstić information content (AvgIpc) is 2.64. The van der Waals surface area contributed by atoms with Crippen molar-refractivity contribution in [1.82, 2.24) is 0 Å². The summed E-state index contributed by atoms with van der Waals surface area (Å²) < 4.78 is 0. The van der Waals surface area contributed by atoms with Crippen molar-refractivity contribution in [3.8, 4) is 11.5 Å². The minimum Gasteiger partial charge on any atom is -0.507 e. The number of aromatic hydroxyl groups is 2. The predicted molar refractivity (Wildman–Crippen MR) is 109 cm³/mol. The Morgan fingerprint density at radius 1 is 0.680 bits per heavy atom. The van der Waals surface area contributed by atoms with Gasteiger partial charge in [0.2, 0.25) is 0 Å². The second-order valence-electron chi connectivity index (χ2n) is 6.50. The number of aryl methyl sites for hydroxylation is 4. The molecule has 0 unspecified atom stereocenters. The molecule has 0 fully saturated rings. The molecule has 0 saturated carbocycles. The van der Waals surface area contributed by atoms with Gasteiger partial charge in [-0.2, -0.15) is 0 Å². The van der Waals surface area contributed by atoms with E-state index in [4.69, 9.17) is 0 Å². The van der Waals surface area contributed by atoms with Crippen molar-refractivity contribution in [2.24, 2.45) is 0 Å². The normalized spacial score (nSPS) is 11.3. The fourth-order valence-corrected chi connectivity index (χ4v) is 4.17. The van der Waals surface area contributed by atoms with E-state index in [0.29, 0.717) is 11.5 Å². The van der Waals surface area contributed by atoms with Gasteiger partial charge >= 0.3 is 0 Å². The average molecular weight is 405 g/mol. The van der Waals surface area contributed by atoms with Crippen molar-refractivity contribution in [1.29, 1.82) is 0 Å². The molecule has 0 aliphatic heterocycles. The summed E-state index contributed by atoms with van der Waals surface area (Å²) in [7, 11) is 0. The van der Waals surface area contributed by atoms with Crippen molar-refractivity contribution in [2.75, 3.05) is 5.33 Å². The number of halogens is 1. The van der Waals surface area contributed by atoms with E-state index in [1.807, 2.05) is 0 Å². The van der Waals surface area contributed by atoms with Crippen LogP contribution in [0, 0.1) is 0 Å². The Hall–Kier alpha value is -1.48. The lowest BCUT2D eigenvalue weighted by Crippen LogP contribution is -2.07. The zero-order valence-electron chi connectivity index (χ0n) is 15.7. The molecule has 2 rings (SSSR count). The van der Waals surface area contributed by atoms with Crippen LogP contribution in [0.4, 0.5) is 0 Å². The lowest BCUT2D eigenvalue weighted by Gasteiger charge is -2.21. The summed E-state index contributed by atoms with van der Waals surface area (Å²) in [5, 5.41) is 21.6. The zero-order valence-corrected chi connectivity index (χ0v) is 17.3. The molecule has 2 aromatic rings. The smallest absolute Gasteiger partial charge is 0.121 e. The van der Waals surface area contributed by atoms with E-state index < -0.39 is 0 Å². The van der Waals surface area contributed by atoms with Crippen molar-refractivity contribution in [2.45, 2.75) is 59.3 Å². The Morgan fingerprint density at radius 2 is 0.960 bits per heavy atom. The molecule has 0 radical (unpaired) electrons. The summed E-state index contributed by atoms with van der Waals surface area (Å²) >= 11 is 3.69. The fraction of sp³-hybridized carbons (Fsp3) is 0.455. The monoisotopic (exact) mass is 404 g/mol. The van der Waals surface area contributed by atoms with Crippen LogP contribution in [-0.2, 0) is 25.7 Å². The maximum absolute atomic E-state index is 10.4. The molecule has 0 saturated heterocycles. The Labute approximate surface area is 160 Å². The molecule has 0 aromatic heterocycles. The summed E-state index contributed by atoms with van der Waals surface area (Å²) in [6.45, 7) is 8.30. The molecule has 3 heteroatoms. The maximum atomic E-state index is 10.4. The van der Waals surface area contributed by atoms with Crippen LogP contribution in [0.5, 0.6) is 11.5 Å². The number of phenolic OH excluding ortho intramolecular Hbond substituents is 2. The van der Waals surface area contributed by atoms with Gasteiger partial charge in [-0.1, -0.05) is 67.9 Å².